The fraction of sp³-hybridized carbons (Fsp3) is 0.818. The van der Waals surface area contributed by atoms with E-state index in [4.69, 9.17) is 4.42 Å². The second-order valence-electron chi connectivity index (χ2n) is 4.61. The molecule has 1 aliphatic rings. The van der Waals surface area contributed by atoms with Gasteiger partial charge in [0.25, 0.3) is 0 Å². The predicted octanol–water partition coefficient (Wildman–Crippen LogP) is -0.112. The van der Waals surface area contributed by atoms with Crippen molar-refractivity contribution in [2.24, 2.45) is 0 Å². The van der Waals surface area contributed by atoms with E-state index in [1.54, 1.807) is 18.2 Å². The Morgan fingerprint density at radius 1 is 1.21 bits per heavy atom. The second kappa shape index (κ2) is 5.98. The van der Waals surface area contributed by atoms with E-state index < -0.39 is 10.0 Å². The SMILES string of the molecule is CCS(=O)(=O)N1CCN(CCc2nnc(C)o2)CC1. The minimum absolute atomic E-state index is 0.175. The van der Waals surface area contributed by atoms with E-state index in [1.807, 2.05) is 0 Å². The van der Waals surface area contributed by atoms with Crippen LogP contribution in [-0.2, 0) is 16.4 Å². The van der Waals surface area contributed by atoms with E-state index in [2.05, 4.69) is 15.1 Å². The van der Waals surface area contributed by atoms with Crippen LogP contribution in [-0.4, -0.2) is 66.3 Å². The molecule has 0 aliphatic carbocycles. The Labute approximate surface area is 113 Å². The van der Waals surface area contributed by atoms with Crippen molar-refractivity contribution < 1.29 is 12.8 Å². The Bertz CT molecular complexity index is 506. The first kappa shape index (κ1) is 14.4. The first-order valence-electron chi connectivity index (χ1n) is 6.50. The maximum absolute atomic E-state index is 11.7. The van der Waals surface area contributed by atoms with Gasteiger partial charge in [-0.25, -0.2) is 8.42 Å². The molecule has 1 aliphatic heterocycles. The summed E-state index contributed by atoms with van der Waals surface area (Å²) >= 11 is 0. The van der Waals surface area contributed by atoms with Crippen LogP contribution in [0.5, 0.6) is 0 Å². The zero-order valence-corrected chi connectivity index (χ0v) is 12.2. The van der Waals surface area contributed by atoms with E-state index >= 15 is 0 Å². The minimum atomic E-state index is -3.04. The Morgan fingerprint density at radius 3 is 2.42 bits per heavy atom. The van der Waals surface area contributed by atoms with Gasteiger partial charge in [-0.1, -0.05) is 0 Å². The summed E-state index contributed by atoms with van der Waals surface area (Å²) in [6.07, 6.45) is 0.710. The lowest BCUT2D eigenvalue weighted by Crippen LogP contribution is -2.49. The lowest BCUT2D eigenvalue weighted by molar-refractivity contribution is 0.186. The zero-order valence-electron chi connectivity index (χ0n) is 11.4. The molecule has 1 saturated heterocycles. The lowest BCUT2D eigenvalue weighted by atomic mass is 10.3. The van der Waals surface area contributed by atoms with Gasteiger partial charge in [-0.05, 0) is 6.92 Å². The zero-order chi connectivity index (χ0) is 13.9. The van der Waals surface area contributed by atoms with Gasteiger partial charge in [-0.2, -0.15) is 4.31 Å². The van der Waals surface area contributed by atoms with Crippen molar-refractivity contribution in [1.29, 1.82) is 0 Å². The van der Waals surface area contributed by atoms with Gasteiger partial charge in [0.05, 0.1) is 5.75 Å². The van der Waals surface area contributed by atoms with Gasteiger partial charge in [-0.15, -0.1) is 10.2 Å². The normalized spacial score (nSPS) is 18.8. The van der Waals surface area contributed by atoms with E-state index in [0.29, 0.717) is 31.3 Å². The second-order valence-corrected chi connectivity index (χ2v) is 6.86. The van der Waals surface area contributed by atoms with Crippen molar-refractivity contribution in [3.05, 3.63) is 11.8 Å². The van der Waals surface area contributed by atoms with Crippen LogP contribution in [0.3, 0.4) is 0 Å². The summed E-state index contributed by atoms with van der Waals surface area (Å²) in [5, 5.41) is 7.73. The summed E-state index contributed by atoms with van der Waals surface area (Å²) in [5.74, 6) is 1.39. The summed E-state index contributed by atoms with van der Waals surface area (Å²) in [6.45, 7) is 6.92. The predicted molar refractivity (Wildman–Crippen MR) is 70.2 cm³/mol. The van der Waals surface area contributed by atoms with Crippen LogP contribution in [0.4, 0.5) is 0 Å². The van der Waals surface area contributed by atoms with Crippen molar-refractivity contribution in [1.82, 2.24) is 19.4 Å². The third kappa shape index (κ3) is 3.74. The van der Waals surface area contributed by atoms with Crippen LogP contribution in [0.1, 0.15) is 18.7 Å². The van der Waals surface area contributed by atoms with Crippen molar-refractivity contribution in [2.75, 3.05) is 38.5 Å². The lowest BCUT2D eigenvalue weighted by Gasteiger charge is -2.33. The van der Waals surface area contributed by atoms with Gasteiger partial charge in [0, 0.05) is 46.1 Å². The summed E-state index contributed by atoms with van der Waals surface area (Å²) in [7, 11) is -3.04. The van der Waals surface area contributed by atoms with Crippen molar-refractivity contribution in [3.8, 4) is 0 Å². The quantitative estimate of drug-likeness (QED) is 0.752. The standard InChI is InChI=1S/C11H20N4O3S/c1-3-19(16,17)15-8-6-14(7-9-15)5-4-11-13-12-10(2)18-11/h3-9H2,1-2H3. The molecule has 1 fully saturated rings. The van der Waals surface area contributed by atoms with Crippen molar-refractivity contribution >= 4 is 10.0 Å². The third-order valence-corrected chi connectivity index (χ3v) is 5.18. The number of aryl methyl sites for hydroxylation is 1. The van der Waals surface area contributed by atoms with Gasteiger partial charge in [0.2, 0.25) is 21.8 Å². The largest absolute Gasteiger partial charge is 0.426 e. The number of hydrogen-bond acceptors (Lipinski definition) is 6. The monoisotopic (exact) mass is 288 g/mol. The molecule has 2 heterocycles. The fourth-order valence-electron chi connectivity index (χ4n) is 2.11. The van der Waals surface area contributed by atoms with Crippen LogP contribution in [0.25, 0.3) is 0 Å². The summed E-state index contributed by atoms with van der Waals surface area (Å²) < 4.78 is 30.3. The molecule has 0 amide bonds. The molecule has 8 heteroatoms. The Balaban J connectivity index is 1.78. The maximum atomic E-state index is 11.7. The minimum Gasteiger partial charge on any atom is -0.426 e. The van der Waals surface area contributed by atoms with Crippen LogP contribution in [0.2, 0.25) is 0 Å². The molecular weight excluding hydrogens is 268 g/mol. The molecule has 108 valence electrons. The molecule has 1 aromatic rings. The molecule has 0 saturated carbocycles. The number of piperazine rings is 1. The number of aromatic nitrogens is 2. The third-order valence-electron chi connectivity index (χ3n) is 3.30. The summed E-state index contributed by atoms with van der Waals surface area (Å²) in [6, 6.07) is 0. The molecule has 0 N–H and O–H groups in total. The first-order chi connectivity index (χ1) is 9.01. The van der Waals surface area contributed by atoms with E-state index in [1.165, 1.54) is 0 Å². The molecule has 1 aromatic heterocycles. The Kier molecular flexibility index (Phi) is 4.54. The molecule has 2 rings (SSSR count). The average Bonchev–Trinajstić information content (AvgIpc) is 2.83. The number of nitrogens with zero attached hydrogens (tertiary/aromatic N) is 4. The smallest absolute Gasteiger partial charge is 0.217 e. The van der Waals surface area contributed by atoms with E-state index in [9.17, 15) is 8.42 Å². The number of hydrogen-bond donors (Lipinski definition) is 0. The topological polar surface area (TPSA) is 79.5 Å². The molecular formula is C11H20N4O3S. The molecule has 0 radical (unpaired) electrons. The van der Waals surface area contributed by atoms with Gasteiger partial charge >= 0.3 is 0 Å². The van der Waals surface area contributed by atoms with Crippen LogP contribution in [0.15, 0.2) is 4.42 Å². The van der Waals surface area contributed by atoms with Crippen LogP contribution >= 0.6 is 0 Å². The van der Waals surface area contributed by atoms with Gasteiger partial charge in [0.15, 0.2) is 0 Å². The maximum Gasteiger partial charge on any atom is 0.217 e. The molecule has 0 spiro atoms. The molecule has 19 heavy (non-hydrogen) atoms. The summed E-state index contributed by atoms with van der Waals surface area (Å²) in [5.41, 5.74) is 0. The molecule has 0 atom stereocenters. The highest BCUT2D eigenvalue weighted by atomic mass is 32.2. The van der Waals surface area contributed by atoms with Crippen molar-refractivity contribution in [3.63, 3.8) is 0 Å². The Hall–Kier alpha value is -0.990. The van der Waals surface area contributed by atoms with Crippen molar-refractivity contribution in [2.45, 2.75) is 20.3 Å². The average molecular weight is 288 g/mol. The number of sulfonamides is 1. The molecule has 0 aromatic carbocycles. The van der Waals surface area contributed by atoms with E-state index in [0.717, 1.165) is 19.6 Å². The Morgan fingerprint density at radius 2 is 1.89 bits per heavy atom. The first-order valence-corrected chi connectivity index (χ1v) is 8.11. The van der Waals surface area contributed by atoms with Crippen LogP contribution in [0, 0.1) is 6.92 Å². The molecule has 0 unspecified atom stereocenters. The van der Waals surface area contributed by atoms with Crippen LogP contribution < -0.4 is 0 Å². The highest BCUT2D eigenvalue weighted by molar-refractivity contribution is 7.89. The summed E-state index contributed by atoms with van der Waals surface area (Å²) in [4.78, 5) is 2.22. The molecule has 7 nitrogen and oxygen atoms in total. The van der Waals surface area contributed by atoms with Gasteiger partial charge < -0.3 is 9.32 Å². The van der Waals surface area contributed by atoms with E-state index in [-0.39, 0.29) is 5.75 Å². The highest BCUT2D eigenvalue weighted by Crippen LogP contribution is 2.09. The molecule has 0 bridgehead atoms. The number of rotatable bonds is 5. The fourth-order valence-corrected chi connectivity index (χ4v) is 3.19. The van der Waals surface area contributed by atoms with Gasteiger partial charge in [0.1, 0.15) is 0 Å². The van der Waals surface area contributed by atoms with Gasteiger partial charge in [-0.3, -0.25) is 0 Å². The highest BCUT2D eigenvalue weighted by Gasteiger charge is 2.25.